The van der Waals surface area contributed by atoms with E-state index in [1.54, 1.807) is 12.1 Å². The fourth-order valence-electron chi connectivity index (χ4n) is 4.31. The summed E-state index contributed by atoms with van der Waals surface area (Å²) in [6.45, 7) is 1.59. The standard InChI is InChI=1S/C19H26ClN13O2/c20-13-15(29-31-22)25-14(28-30-21)12(24-13)16(34)26-18-27-19(10-33(18)23)6-8-32(9-7-19)17(35)11-4-2-1-3-5-11/h1-5,14,18,25,27H,6-10,23H2,(H2,21,28)(H2,22,29)(H,26,34). The summed E-state index contributed by atoms with van der Waals surface area (Å²) in [5, 5.41) is 24.0. The maximum Gasteiger partial charge on any atom is 0.272 e. The molecule has 186 valence electrons. The van der Waals surface area contributed by atoms with Gasteiger partial charge in [-0.15, -0.1) is 10.2 Å². The number of carbonyl (C=O) groups is 2. The molecule has 3 aliphatic heterocycles. The number of hydrogen-bond donors (Lipinski definition) is 6. The second-order valence-electron chi connectivity index (χ2n) is 8.26. The van der Waals surface area contributed by atoms with E-state index >= 15 is 0 Å². The van der Waals surface area contributed by atoms with Crippen LogP contribution in [0, 0.1) is 0 Å². The maximum absolute atomic E-state index is 13.0. The van der Waals surface area contributed by atoms with Gasteiger partial charge in [0.2, 0.25) is 0 Å². The number of nitrogens with two attached hydrogens (primary N) is 3. The van der Waals surface area contributed by atoms with E-state index in [1.165, 1.54) is 5.01 Å². The zero-order chi connectivity index (χ0) is 25.0. The number of aliphatic imine (C=N–C) groups is 1. The first kappa shape index (κ1) is 24.5. The van der Waals surface area contributed by atoms with Gasteiger partial charge >= 0.3 is 0 Å². The number of nitrogens with one attached hydrogen (secondary N) is 3. The third-order valence-electron chi connectivity index (χ3n) is 6.08. The molecule has 0 bridgehead atoms. The molecule has 9 N–H and O–H groups in total. The van der Waals surface area contributed by atoms with Gasteiger partial charge in [-0.1, -0.05) is 40.2 Å². The molecule has 16 heteroatoms. The van der Waals surface area contributed by atoms with E-state index in [-0.39, 0.29) is 28.1 Å². The highest BCUT2D eigenvalue weighted by Crippen LogP contribution is 2.28. The lowest BCUT2D eigenvalue weighted by atomic mass is 9.88. The molecular formula is C19H26ClN13O2. The summed E-state index contributed by atoms with van der Waals surface area (Å²) in [5.41, 5.74) is 0.193. The maximum atomic E-state index is 13.0. The number of likely N-dealkylation sites (tertiary alicyclic amines) is 1. The minimum Gasteiger partial charge on any atom is -0.339 e. The second kappa shape index (κ2) is 10.3. The number of piperidine rings is 1. The molecule has 1 spiro atoms. The molecule has 1 aromatic carbocycles. The van der Waals surface area contributed by atoms with E-state index in [1.807, 2.05) is 23.1 Å². The summed E-state index contributed by atoms with van der Waals surface area (Å²) in [6.07, 6.45) is -0.415. The molecule has 4 rings (SSSR count). The number of carbonyl (C=O) groups excluding carboxylic acids is 2. The van der Waals surface area contributed by atoms with E-state index in [0.29, 0.717) is 38.0 Å². The minimum atomic E-state index is -1.06. The Labute approximate surface area is 205 Å². The fraction of sp³-hybridized carbons (Fsp3) is 0.421. The lowest BCUT2D eigenvalue weighted by Crippen LogP contribution is -2.59. The van der Waals surface area contributed by atoms with Gasteiger partial charge in [-0.05, 0) is 25.0 Å². The molecule has 2 atom stereocenters. The van der Waals surface area contributed by atoms with Gasteiger partial charge in [0.25, 0.3) is 11.8 Å². The normalized spacial score (nSPS) is 24.7. The third-order valence-corrected chi connectivity index (χ3v) is 6.34. The minimum absolute atomic E-state index is 0.00528. The van der Waals surface area contributed by atoms with Crippen LogP contribution in [-0.2, 0) is 4.79 Å². The first-order chi connectivity index (χ1) is 16.9. The molecule has 0 saturated carbocycles. The van der Waals surface area contributed by atoms with Gasteiger partial charge in [0.15, 0.2) is 22.9 Å². The molecular weight excluding hydrogens is 478 g/mol. The summed E-state index contributed by atoms with van der Waals surface area (Å²) in [7, 11) is 0. The van der Waals surface area contributed by atoms with Crippen molar-refractivity contribution in [2.75, 3.05) is 19.6 Å². The van der Waals surface area contributed by atoms with E-state index in [9.17, 15) is 9.59 Å². The predicted molar refractivity (Wildman–Crippen MR) is 126 cm³/mol. The highest BCUT2D eigenvalue weighted by atomic mass is 35.5. The average molecular weight is 504 g/mol. The van der Waals surface area contributed by atoms with E-state index in [4.69, 9.17) is 29.1 Å². The van der Waals surface area contributed by atoms with Crippen LogP contribution in [0.3, 0.4) is 0 Å². The number of benzene rings is 1. The van der Waals surface area contributed by atoms with Crippen LogP contribution in [0.25, 0.3) is 0 Å². The summed E-state index contributed by atoms with van der Waals surface area (Å²) < 4.78 is 0. The molecule has 0 aliphatic carbocycles. The molecule has 3 heterocycles. The molecule has 0 radical (unpaired) electrons. The molecule has 2 fully saturated rings. The summed E-state index contributed by atoms with van der Waals surface area (Å²) in [4.78, 5) is 31.6. The van der Waals surface area contributed by atoms with E-state index in [0.717, 1.165) is 0 Å². The first-order valence-corrected chi connectivity index (χ1v) is 11.1. The lowest BCUT2D eigenvalue weighted by molar-refractivity contribution is -0.116. The van der Waals surface area contributed by atoms with Crippen LogP contribution in [-0.4, -0.2) is 65.1 Å². The average Bonchev–Trinajstić information content (AvgIpc) is 3.15. The summed E-state index contributed by atoms with van der Waals surface area (Å²) in [5.74, 6) is 15.8. The van der Waals surface area contributed by atoms with Crippen molar-refractivity contribution in [1.82, 2.24) is 25.9 Å². The second-order valence-corrected chi connectivity index (χ2v) is 8.62. The van der Waals surface area contributed by atoms with Crippen LogP contribution in [0.2, 0.25) is 0 Å². The molecule has 2 amide bonds. The highest BCUT2D eigenvalue weighted by Gasteiger charge is 2.46. The Morgan fingerprint density at radius 1 is 1.17 bits per heavy atom. The molecule has 1 aromatic rings. The number of rotatable bonds is 5. The molecule has 15 nitrogen and oxygen atoms in total. The fourth-order valence-corrected chi connectivity index (χ4v) is 4.49. The van der Waals surface area contributed by atoms with Crippen molar-refractivity contribution in [1.29, 1.82) is 0 Å². The van der Waals surface area contributed by atoms with Gasteiger partial charge in [0.1, 0.15) is 6.29 Å². The van der Waals surface area contributed by atoms with Crippen LogP contribution in [0.1, 0.15) is 23.2 Å². The van der Waals surface area contributed by atoms with Crippen molar-refractivity contribution in [2.24, 2.45) is 43.2 Å². The Morgan fingerprint density at radius 3 is 2.54 bits per heavy atom. The Bertz CT molecular complexity index is 1080. The number of nitrogens with zero attached hydrogens (tertiary/aromatic N) is 7. The van der Waals surface area contributed by atoms with Gasteiger partial charge in [-0.3, -0.25) is 20.7 Å². The van der Waals surface area contributed by atoms with E-state index in [2.05, 4.69) is 41.6 Å². The summed E-state index contributed by atoms with van der Waals surface area (Å²) >= 11 is 6.06. The highest BCUT2D eigenvalue weighted by molar-refractivity contribution is 6.43. The van der Waals surface area contributed by atoms with Crippen molar-refractivity contribution in [3.8, 4) is 0 Å². The van der Waals surface area contributed by atoms with Gasteiger partial charge in [0, 0.05) is 30.7 Å². The SMILES string of the molecule is NN=NC1=C(Cl)N=C(C(=O)NC2NC3(CCN(C(=O)c4ccccc4)CC3)CN2N)C(N=NN)N1. The number of halogens is 1. The smallest absolute Gasteiger partial charge is 0.272 e. The first-order valence-electron chi connectivity index (χ1n) is 10.8. The van der Waals surface area contributed by atoms with Crippen molar-refractivity contribution in [2.45, 2.75) is 30.8 Å². The third kappa shape index (κ3) is 5.22. The van der Waals surface area contributed by atoms with Crippen LogP contribution in [0.5, 0.6) is 0 Å². The quantitative estimate of drug-likeness (QED) is 0.129. The van der Waals surface area contributed by atoms with Crippen LogP contribution >= 0.6 is 11.6 Å². The van der Waals surface area contributed by atoms with Crippen molar-refractivity contribution in [3.05, 3.63) is 46.9 Å². The lowest BCUT2D eigenvalue weighted by Gasteiger charge is -2.39. The topological polar surface area (TPSA) is 217 Å². The van der Waals surface area contributed by atoms with E-state index < -0.39 is 18.4 Å². The number of hydrazine groups is 1. The zero-order valence-electron chi connectivity index (χ0n) is 18.6. The number of amides is 2. The Hall–Kier alpha value is -3.66. The Kier molecular flexibility index (Phi) is 7.20. The largest absolute Gasteiger partial charge is 0.339 e. The van der Waals surface area contributed by atoms with Crippen molar-refractivity contribution in [3.63, 3.8) is 0 Å². The predicted octanol–water partition coefficient (Wildman–Crippen LogP) is -0.772. The monoisotopic (exact) mass is 503 g/mol. The Morgan fingerprint density at radius 2 is 1.89 bits per heavy atom. The Balaban J connectivity index is 1.40. The van der Waals surface area contributed by atoms with Crippen molar-refractivity contribution >= 4 is 29.1 Å². The van der Waals surface area contributed by atoms with Gasteiger partial charge in [0.05, 0.1) is 0 Å². The molecule has 2 saturated heterocycles. The molecule has 3 aliphatic rings. The number of hydrogen-bond acceptors (Lipinski definition) is 11. The van der Waals surface area contributed by atoms with Gasteiger partial charge in [-0.2, -0.15) is 0 Å². The van der Waals surface area contributed by atoms with Crippen LogP contribution in [0.4, 0.5) is 0 Å². The zero-order valence-corrected chi connectivity index (χ0v) is 19.4. The van der Waals surface area contributed by atoms with Crippen LogP contribution < -0.4 is 33.5 Å². The van der Waals surface area contributed by atoms with Gasteiger partial charge in [-0.25, -0.2) is 10.0 Å². The van der Waals surface area contributed by atoms with Crippen molar-refractivity contribution < 1.29 is 9.59 Å². The molecule has 2 unspecified atom stereocenters. The molecule has 0 aromatic heterocycles. The summed E-state index contributed by atoms with van der Waals surface area (Å²) in [6, 6.07) is 9.16. The van der Waals surface area contributed by atoms with Crippen LogP contribution in [0.15, 0.2) is 67.0 Å². The van der Waals surface area contributed by atoms with Gasteiger partial charge < -0.3 is 27.2 Å². The molecule has 35 heavy (non-hydrogen) atoms.